The number of hydrogen-bond acceptors (Lipinski definition) is 7. The molecule has 3 aromatic heterocycles. The number of rotatable bonds is 5. The number of aryl methyl sites for hydroxylation is 1. The van der Waals surface area contributed by atoms with E-state index in [4.69, 9.17) is 27.6 Å². The van der Waals surface area contributed by atoms with Gasteiger partial charge in [0.25, 0.3) is 17.0 Å². The number of pyridine rings is 1. The molecule has 0 fully saturated rings. The van der Waals surface area contributed by atoms with Crippen molar-refractivity contribution >= 4 is 62.5 Å². The molecule has 31 heavy (non-hydrogen) atoms. The zero-order chi connectivity index (χ0) is 22.1. The van der Waals surface area contributed by atoms with E-state index in [2.05, 4.69) is 41.5 Å². The van der Waals surface area contributed by atoms with Crippen molar-refractivity contribution in [1.29, 1.82) is 0 Å². The van der Waals surface area contributed by atoms with Gasteiger partial charge in [-0.25, -0.2) is 9.67 Å². The molecule has 158 valence electrons. The molecule has 0 saturated carbocycles. The molecule has 0 bridgehead atoms. The Bertz CT molecular complexity index is 1290. The van der Waals surface area contributed by atoms with Crippen molar-refractivity contribution in [2.45, 2.75) is 12.1 Å². The Morgan fingerprint density at radius 3 is 2.77 bits per heavy atom. The Hall–Kier alpha value is -2.40. The number of amides is 1. The number of nitrogens with zero attached hydrogens (tertiary/aromatic N) is 5. The Morgan fingerprint density at radius 2 is 2.06 bits per heavy atom. The number of carbonyl (C=O) groups excluding carboxylic acids is 1. The summed E-state index contributed by atoms with van der Waals surface area (Å²) in [6.45, 7) is 1.82. The first kappa shape index (κ1) is 21.8. The van der Waals surface area contributed by atoms with E-state index in [1.807, 2.05) is 13.2 Å². The quantitative estimate of drug-likeness (QED) is 0.326. The van der Waals surface area contributed by atoms with E-state index in [9.17, 15) is 4.79 Å². The summed E-state index contributed by atoms with van der Waals surface area (Å²) in [7, 11) is 0. The van der Waals surface area contributed by atoms with Gasteiger partial charge in [0.15, 0.2) is 5.82 Å². The Balaban J connectivity index is 1.76. The van der Waals surface area contributed by atoms with Crippen LogP contribution in [-0.4, -0.2) is 37.1 Å². The van der Waals surface area contributed by atoms with Crippen molar-refractivity contribution in [2.75, 3.05) is 11.6 Å². The second-order valence-corrected chi connectivity index (χ2v) is 8.66. The molecule has 1 amide bonds. The topological polar surface area (TPSA) is 98.7 Å². The molecule has 0 spiro atoms. The van der Waals surface area contributed by atoms with Gasteiger partial charge in [-0.15, -0.1) is 10.2 Å². The number of anilines is 1. The van der Waals surface area contributed by atoms with Crippen LogP contribution in [0.3, 0.4) is 0 Å². The molecule has 8 nitrogen and oxygen atoms in total. The first-order chi connectivity index (χ1) is 14.9. The molecule has 0 saturated heterocycles. The van der Waals surface area contributed by atoms with E-state index < -0.39 is 5.91 Å². The maximum Gasteiger partial charge on any atom is 0.276 e. The van der Waals surface area contributed by atoms with Crippen LogP contribution >= 0.6 is 50.9 Å². The van der Waals surface area contributed by atoms with Gasteiger partial charge in [0, 0.05) is 17.3 Å². The predicted octanol–water partition coefficient (Wildman–Crippen LogP) is 5.67. The van der Waals surface area contributed by atoms with E-state index in [0.29, 0.717) is 36.9 Å². The van der Waals surface area contributed by atoms with Gasteiger partial charge in [-0.05, 0) is 58.9 Å². The van der Waals surface area contributed by atoms with Crippen LogP contribution < -0.4 is 5.32 Å². The maximum absolute atomic E-state index is 13.2. The molecule has 3 heterocycles. The van der Waals surface area contributed by atoms with E-state index >= 15 is 0 Å². The van der Waals surface area contributed by atoms with Crippen molar-refractivity contribution in [1.82, 2.24) is 25.0 Å². The molecule has 0 aliphatic carbocycles. The lowest BCUT2D eigenvalue weighted by Crippen LogP contribution is -2.18. The summed E-state index contributed by atoms with van der Waals surface area (Å²) >= 11 is 17.1. The van der Waals surface area contributed by atoms with Crippen LogP contribution in [0.2, 0.25) is 10.0 Å². The number of nitrogens with one attached hydrogen (secondary N) is 1. The zero-order valence-corrected chi connectivity index (χ0v) is 20.0. The van der Waals surface area contributed by atoms with Crippen LogP contribution in [0.1, 0.15) is 16.1 Å². The molecule has 1 N–H and O–H groups in total. The van der Waals surface area contributed by atoms with Crippen LogP contribution in [0, 0.1) is 6.92 Å². The number of hydrogen-bond donors (Lipinski definition) is 1. The molecule has 0 radical (unpaired) electrons. The average Bonchev–Trinajstić information content (AvgIpc) is 3.36. The number of halogens is 3. The van der Waals surface area contributed by atoms with Gasteiger partial charge in [0.1, 0.15) is 10.3 Å². The van der Waals surface area contributed by atoms with Gasteiger partial charge in [-0.2, -0.15) is 5.10 Å². The first-order valence-electron chi connectivity index (χ1n) is 8.73. The van der Waals surface area contributed by atoms with E-state index in [1.165, 1.54) is 16.4 Å². The fourth-order valence-corrected chi connectivity index (χ4v) is 4.00. The minimum atomic E-state index is -0.434. The number of carbonyl (C=O) groups is 1. The normalized spacial score (nSPS) is 11.0. The highest BCUT2D eigenvalue weighted by Crippen LogP contribution is 2.35. The van der Waals surface area contributed by atoms with Gasteiger partial charge in [-0.1, -0.05) is 35.0 Å². The second-order valence-electron chi connectivity index (χ2n) is 6.25. The average molecular weight is 540 g/mol. The monoisotopic (exact) mass is 538 g/mol. The summed E-state index contributed by atoms with van der Waals surface area (Å²) in [5.74, 6) is 0.137. The third-order valence-electron chi connectivity index (χ3n) is 4.20. The minimum Gasteiger partial charge on any atom is -0.411 e. The maximum atomic E-state index is 13.2. The lowest BCUT2D eigenvalue weighted by molar-refractivity contribution is 0.101. The third kappa shape index (κ3) is 4.47. The van der Waals surface area contributed by atoms with Gasteiger partial charge in [0.2, 0.25) is 0 Å². The van der Waals surface area contributed by atoms with Gasteiger partial charge in [-0.3, -0.25) is 4.79 Å². The first-order valence-corrected chi connectivity index (χ1v) is 11.5. The molecule has 0 unspecified atom stereocenters. The lowest BCUT2D eigenvalue weighted by Gasteiger charge is -2.13. The van der Waals surface area contributed by atoms with Crippen molar-refractivity contribution in [3.8, 4) is 17.3 Å². The second kappa shape index (κ2) is 8.99. The van der Waals surface area contributed by atoms with Crippen molar-refractivity contribution in [3.63, 3.8) is 0 Å². The Labute approximate surface area is 199 Å². The fraction of sp³-hybridized carbons (Fsp3) is 0.105. The van der Waals surface area contributed by atoms with Crippen LogP contribution in [0.25, 0.3) is 17.3 Å². The summed E-state index contributed by atoms with van der Waals surface area (Å²) < 4.78 is 7.47. The number of thioether (sulfide) groups is 1. The molecule has 0 aliphatic heterocycles. The highest BCUT2D eigenvalue weighted by molar-refractivity contribution is 9.10. The summed E-state index contributed by atoms with van der Waals surface area (Å²) in [5.41, 5.74) is 1.94. The molecule has 0 atom stereocenters. The third-order valence-corrected chi connectivity index (χ3v) is 5.62. The SMILES string of the molecule is CSc1nnc(-c2cc(Cl)cc(C)c2NC(=O)c2cc(Br)nn2-c2ncccc2Cl)o1. The van der Waals surface area contributed by atoms with Gasteiger partial charge in [0.05, 0.1) is 16.3 Å². The summed E-state index contributed by atoms with van der Waals surface area (Å²) in [4.78, 5) is 17.5. The lowest BCUT2D eigenvalue weighted by atomic mass is 10.1. The van der Waals surface area contributed by atoms with Crippen LogP contribution in [0.4, 0.5) is 5.69 Å². The highest BCUT2D eigenvalue weighted by Gasteiger charge is 2.22. The number of benzene rings is 1. The smallest absolute Gasteiger partial charge is 0.276 e. The largest absolute Gasteiger partial charge is 0.411 e. The predicted molar refractivity (Wildman–Crippen MR) is 123 cm³/mol. The van der Waals surface area contributed by atoms with Crippen LogP contribution in [-0.2, 0) is 0 Å². The van der Waals surface area contributed by atoms with Crippen molar-refractivity contribution in [2.24, 2.45) is 0 Å². The van der Waals surface area contributed by atoms with E-state index in [-0.39, 0.29) is 11.6 Å². The van der Waals surface area contributed by atoms with E-state index in [0.717, 1.165) is 5.56 Å². The number of aromatic nitrogens is 5. The van der Waals surface area contributed by atoms with Gasteiger partial charge >= 0.3 is 0 Å². The van der Waals surface area contributed by atoms with Crippen molar-refractivity contribution in [3.05, 3.63) is 62.4 Å². The molecular weight excluding hydrogens is 527 g/mol. The minimum absolute atomic E-state index is 0.225. The summed E-state index contributed by atoms with van der Waals surface area (Å²) in [5, 5.41) is 16.5. The summed E-state index contributed by atoms with van der Waals surface area (Å²) in [6, 6.07) is 8.33. The Morgan fingerprint density at radius 1 is 1.26 bits per heavy atom. The molecule has 0 aliphatic rings. The summed E-state index contributed by atoms with van der Waals surface area (Å²) in [6.07, 6.45) is 3.39. The molecule has 12 heteroatoms. The van der Waals surface area contributed by atoms with Crippen LogP contribution in [0.5, 0.6) is 0 Å². The molecule has 4 aromatic rings. The van der Waals surface area contributed by atoms with Crippen LogP contribution in [0.15, 0.2) is 50.8 Å². The molecular formula is C19H13BrCl2N6O2S. The molecule has 1 aromatic carbocycles. The van der Waals surface area contributed by atoms with Gasteiger partial charge < -0.3 is 9.73 Å². The fourth-order valence-electron chi connectivity index (χ4n) is 2.87. The Kier molecular flexibility index (Phi) is 6.33. The highest BCUT2D eigenvalue weighted by atomic mass is 79.9. The standard InChI is InChI=1S/C19H13BrCl2N6O2S/c1-9-6-10(21)7-11(18-25-26-19(30-18)31-2)15(9)24-17(29)13-8-14(20)27-28(13)16-12(22)4-3-5-23-16/h3-8H,1-2H3,(H,24,29). The van der Waals surface area contributed by atoms with Crippen molar-refractivity contribution < 1.29 is 9.21 Å². The zero-order valence-electron chi connectivity index (χ0n) is 16.1. The molecule has 4 rings (SSSR count). The van der Waals surface area contributed by atoms with E-state index in [1.54, 1.807) is 36.5 Å².